The van der Waals surface area contributed by atoms with E-state index in [1.165, 1.54) is 4.88 Å². The first-order valence-electron chi connectivity index (χ1n) is 6.47. The first-order valence-corrected chi connectivity index (χ1v) is 7.35. The average molecular weight is 280 g/mol. The van der Waals surface area contributed by atoms with E-state index in [0.29, 0.717) is 25.0 Å². The van der Waals surface area contributed by atoms with Gasteiger partial charge in [-0.2, -0.15) is 0 Å². The quantitative estimate of drug-likeness (QED) is 0.812. The Morgan fingerprint density at radius 1 is 1.47 bits per heavy atom. The molecule has 1 atom stereocenters. The Balaban J connectivity index is 1.95. The molecule has 0 spiro atoms. The molecule has 1 unspecified atom stereocenters. The van der Waals surface area contributed by atoms with Crippen molar-refractivity contribution >= 4 is 11.3 Å². The highest BCUT2D eigenvalue weighted by Crippen LogP contribution is 2.25. The van der Waals surface area contributed by atoms with Gasteiger partial charge in [0, 0.05) is 23.7 Å². The molecular weight excluding hydrogens is 260 g/mol. The fourth-order valence-electron chi connectivity index (χ4n) is 1.98. The van der Waals surface area contributed by atoms with Crippen LogP contribution in [-0.2, 0) is 13.1 Å². The van der Waals surface area contributed by atoms with E-state index in [9.17, 15) is 0 Å². The maximum atomic E-state index is 8.84. The maximum Gasteiger partial charge on any atom is 0.0965 e. The lowest BCUT2D eigenvalue weighted by molar-refractivity contribution is 0.268. The summed E-state index contributed by atoms with van der Waals surface area (Å²) < 4.78 is 1.66. The van der Waals surface area contributed by atoms with Crippen LogP contribution >= 0.6 is 11.3 Å². The molecule has 2 heterocycles. The molecule has 0 aliphatic rings. The molecule has 2 aromatic heterocycles. The van der Waals surface area contributed by atoms with Crippen LogP contribution < -0.4 is 5.32 Å². The van der Waals surface area contributed by atoms with Gasteiger partial charge in [-0.3, -0.25) is 0 Å². The normalized spacial score (nSPS) is 13.1. The molecule has 0 radical (unpaired) electrons. The Labute approximate surface area is 117 Å². The number of aliphatic hydroxyl groups excluding tert-OH is 1. The molecule has 0 aromatic carbocycles. The zero-order valence-electron chi connectivity index (χ0n) is 11.3. The Bertz CT molecular complexity index is 481. The first-order chi connectivity index (χ1) is 9.20. The van der Waals surface area contributed by atoms with Crippen molar-refractivity contribution in [2.24, 2.45) is 5.92 Å². The number of rotatable bonds is 7. The maximum absolute atomic E-state index is 8.84. The number of aliphatic hydroxyl groups is 1. The average Bonchev–Trinajstić information content (AvgIpc) is 3.01. The molecule has 2 aromatic rings. The predicted molar refractivity (Wildman–Crippen MR) is 75.8 cm³/mol. The zero-order chi connectivity index (χ0) is 13.7. The van der Waals surface area contributed by atoms with Gasteiger partial charge < -0.3 is 10.4 Å². The van der Waals surface area contributed by atoms with Crippen LogP contribution in [-0.4, -0.2) is 26.7 Å². The summed E-state index contributed by atoms with van der Waals surface area (Å²) in [4.78, 5) is 1.35. The molecule has 0 amide bonds. The highest BCUT2D eigenvalue weighted by molar-refractivity contribution is 7.10. The van der Waals surface area contributed by atoms with Gasteiger partial charge in [-0.05, 0) is 17.4 Å². The summed E-state index contributed by atoms with van der Waals surface area (Å²) in [6.07, 6.45) is 1.87. The molecule has 0 aliphatic heterocycles. The summed E-state index contributed by atoms with van der Waals surface area (Å²) in [5.41, 5.74) is 0.899. The van der Waals surface area contributed by atoms with Crippen LogP contribution in [0.1, 0.15) is 30.5 Å². The van der Waals surface area contributed by atoms with Crippen molar-refractivity contribution in [1.82, 2.24) is 20.3 Å². The number of nitrogens with zero attached hydrogens (tertiary/aromatic N) is 3. The van der Waals surface area contributed by atoms with Crippen molar-refractivity contribution in [1.29, 1.82) is 0 Å². The van der Waals surface area contributed by atoms with Crippen molar-refractivity contribution in [2.45, 2.75) is 33.0 Å². The molecule has 5 nitrogen and oxygen atoms in total. The van der Waals surface area contributed by atoms with E-state index in [0.717, 1.165) is 5.69 Å². The largest absolute Gasteiger partial charge is 0.394 e. The number of hydrogen-bond acceptors (Lipinski definition) is 5. The Morgan fingerprint density at radius 2 is 2.32 bits per heavy atom. The van der Waals surface area contributed by atoms with E-state index in [1.54, 1.807) is 16.0 Å². The molecule has 0 saturated carbocycles. The minimum atomic E-state index is 0.0834. The van der Waals surface area contributed by atoms with Crippen LogP contribution in [0, 0.1) is 5.92 Å². The monoisotopic (exact) mass is 280 g/mol. The van der Waals surface area contributed by atoms with E-state index >= 15 is 0 Å². The molecule has 0 bridgehead atoms. The van der Waals surface area contributed by atoms with Crippen molar-refractivity contribution in [3.8, 4) is 0 Å². The molecule has 2 N–H and O–H groups in total. The van der Waals surface area contributed by atoms with Gasteiger partial charge in [0.25, 0.3) is 0 Å². The topological polar surface area (TPSA) is 63.0 Å². The minimum Gasteiger partial charge on any atom is -0.394 e. The molecule has 0 aliphatic carbocycles. The van der Waals surface area contributed by atoms with E-state index in [2.05, 4.69) is 47.0 Å². The lowest BCUT2D eigenvalue weighted by Gasteiger charge is -2.20. The minimum absolute atomic E-state index is 0.0834. The molecule has 104 valence electrons. The lowest BCUT2D eigenvalue weighted by atomic mass is 10.0. The molecule has 0 saturated heterocycles. The predicted octanol–water partition coefficient (Wildman–Crippen LogP) is 1.82. The standard InChI is InChI=1S/C13H20N4OS/c1-10(2)13(12-4-3-7-19-12)14-8-11-9-17(5-6-18)16-15-11/h3-4,7,9-10,13-14,18H,5-6,8H2,1-2H3. The summed E-state index contributed by atoms with van der Waals surface area (Å²) in [5, 5.41) is 22.5. The van der Waals surface area contributed by atoms with Crippen LogP contribution in [0.4, 0.5) is 0 Å². The van der Waals surface area contributed by atoms with E-state index in [-0.39, 0.29) is 6.61 Å². The van der Waals surface area contributed by atoms with Crippen molar-refractivity contribution < 1.29 is 5.11 Å². The van der Waals surface area contributed by atoms with Gasteiger partial charge in [-0.1, -0.05) is 25.1 Å². The summed E-state index contributed by atoms with van der Waals surface area (Å²) in [5.74, 6) is 0.520. The van der Waals surface area contributed by atoms with Crippen LogP contribution in [0.5, 0.6) is 0 Å². The van der Waals surface area contributed by atoms with Gasteiger partial charge in [-0.25, -0.2) is 4.68 Å². The van der Waals surface area contributed by atoms with E-state index in [4.69, 9.17) is 5.11 Å². The third-order valence-corrected chi connectivity index (χ3v) is 3.89. The summed E-state index contributed by atoms with van der Waals surface area (Å²) >= 11 is 1.77. The van der Waals surface area contributed by atoms with Gasteiger partial charge in [0.2, 0.25) is 0 Å². The van der Waals surface area contributed by atoms with Crippen molar-refractivity contribution in [3.63, 3.8) is 0 Å². The van der Waals surface area contributed by atoms with E-state index in [1.807, 2.05) is 6.20 Å². The van der Waals surface area contributed by atoms with Crippen LogP contribution in [0.15, 0.2) is 23.7 Å². The second kappa shape index (κ2) is 6.79. The Hall–Kier alpha value is -1.24. The number of nitrogens with one attached hydrogen (secondary N) is 1. The van der Waals surface area contributed by atoms with Crippen LogP contribution in [0.25, 0.3) is 0 Å². The SMILES string of the molecule is CC(C)C(NCc1cn(CCO)nn1)c1cccs1. The van der Waals surface area contributed by atoms with Gasteiger partial charge in [-0.15, -0.1) is 16.4 Å². The smallest absolute Gasteiger partial charge is 0.0965 e. The second-order valence-electron chi connectivity index (χ2n) is 4.81. The van der Waals surface area contributed by atoms with E-state index < -0.39 is 0 Å². The molecule has 0 fully saturated rings. The van der Waals surface area contributed by atoms with Gasteiger partial charge in [0.15, 0.2) is 0 Å². The third kappa shape index (κ3) is 3.86. The third-order valence-electron chi connectivity index (χ3n) is 2.93. The summed E-state index contributed by atoms with van der Waals surface area (Å²) in [6.45, 7) is 5.68. The molecule has 6 heteroatoms. The highest BCUT2D eigenvalue weighted by Gasteiger charge is 2.16. The van der Waals surface area contributed by atoms with Gasteiger partial charge in [0.1, 0.15) is 0 Å². The molecule has 2 rings (SSSR count). The first kappa shape index (κ1) is 14.2. The second-order valence-corrected chi connectivity index (χ2v) is 5.79. The molecular formula is C13H20N4OS. The van der Waals surface area contributed by atoms with Crippen molar-refractivity contribution in [3.05, 3.63) is 34.3 Å². The fraction of sp³-hybridized carbons (Fsp3) is 0.538. The molecule has 19 heavy (non-hydrogen) atoms. The van der Waals surface area contributed by atoms with Gasteiger partial charge in [0.05, 0.1) is 18.8 Å². The van der Waals surface area contributed by atoms with Crippen LogP contribution in [0.2, 0.25) is 0 Å². The number of aromatic nitrogens is 3. The number of hydrogen-bond donors (Lipinski definition) is 2. The Kier molecular flexibility index (Phi) is 5.07. The van der Waals surface area contributed by atoms with Crippen LogP contribution in [0.3, 0.4) is 0 Å². The van der Waals surface area contributed by atoms with Gasteiger partial charge >= 0.3 is 0 Å². The van der Waals surface area contributed by atoms with Crippen molar-refractivity contribution in [2.75, 3.05) is 6.61 Å². The Morgan fingerprint density at radius 3 is 2.95 bits per heavy atom. The number of thiophene rings is 1. The summed E-state index contributed by atoms with van der Waals surface area (Å²) in [7, 11) is 0. The highest BCUT2D eigenvalue weighted by atomic mass is 32.1. The lowest BCUT2D eigenvalue weighted by Crippen LogP contribution is -2.24. The summed E-state index contributed by atoms with van der Waals surface area (Å²) in [6, 6.07) is 4.57. The zero-order valence-corrected chi connectivity index (χ0v) is 12.1. The fourth-order valence-corrected chi connectivity index (χ4v) is 2.95.